The van der Waals surface area contributed by atoms with Crippen LogP contribution in [-0.2, 0) is 21.4 Å². The standard InChI is InChI=1S/C20H30N4O2.C15H24N4O2/c1-20(2,3)18-22-16-12-14(21-19(25)26-5)9-10-17(16)24(18)13-15-8-6-7-11-23(15)4;1-19-8-4-3-5-12(19)10-17-14-7-6-11(9-13(14)16)18-15(20)21-2/h9-10,12,15H,6-8,11,13H2,1-5H3,(H,21,25);6-7,9,12,17H,3-5,8,10,16H2,1-2H3,(H,18,20). The molecule has 3 aromatic rings. The Balaban J connectivity index is 0.000000218. The number of carbonyl (C=O) groups is 2. The van der Waals surface area contributed by atoms with Gasteiger partial charge in [0.15, 0.2) is 0 Å². The van der Waals surface area contributed by atoms with Crippen LogP contribution in [0.5, 0.6) is 0 Å². The largest absolute Gasteiger partial charge is 0.453 e. The highest BCUT2D eigenvalue weighted by Gasteiger charge is 2.27. The predicted molar refractivity (Wildman–Crippen MR) is 190 cm³/mol. The SMILES string of the molecule is COC(=O)Nc1ccc(NCC2CCCCN2C)c(N)c1.COC(=O)Nc1ccc2c(c1)nc(C(C)(C)C)n2CC1CCCCN1C. The van der Waals surface area contributed by atoms with Crippen molar-refractivity contribution in [2.75, 3.05) is 69.6 Å². The Morgan fingerprint density at radius 2 is 1.45 bits per heavy atom. The molecule has 0 radical (unpaired) electrons. The molecule has 0 spiro atoms. The molecule has 47 heavy (non-hydrogen) atoms. The van der Waals surface area contributed by atoms with E-state index in [1.807, 2.05) is 24.3 Å². The highest BCUT2D eigenvalue weighted by molar-refractivity contribution is 5.89. The van der Waals surface area contributed by atoms with Crippen molar-refractivity contribution in [3.05, 3.63) is 42.2 Å². The van der Waals surface area contributed by atoms with Crippen LogP contribution in [0.2, 0.25) is 0 Å². The first-order valence-electron chi connectivity index (χ1n) is 16.6. The van der Waals surface area contributed by atoms with Crippen molar-refractivity contribution in [2.45, 2.75) is 83.3 Å². The molecular formula is C35H54N8O4. The number of ether oxygens (including phenoxy) is 2. The molecule has 0 bridgehead atoms. The molecule has 2 unspecified atom stereocenters. The van der Waals surface area contributed by atoms with Crippen LogP contribution >= 0.6 is 0 Å². The first kappa shape index (κ1) is 35.8. The van der Waals surface area contributed by atoms with E-state index in [0.29, 0.717) is 29.1 Å². The van der Waals surface area contributed by atoms with E-state index in [1.54, 1.807) is 12.1 Å². The van der Waals surface area contributed by atoms with Crippen molar-refractivity contribution in [3.8, 4) is 0 Å². The van der Waals surface area contributed by atoms with Crippen molar-refractivity contribution < 1.29 is 19.1 Å². The second-order valence-corrected chi connectivity index (χ2v) is 13.7. The monoisotopic (exact) mass is 650 g/mol. The summed E-state index contributed by atoms with van der Waals surface area (Å²) < 4.78 is 11.6. The summed E-state index contributed by atoms with van der Waals surface area (Å²) in [6.45, 7) is 10.7. The summed E-state index contributed by atoms with van der Waals surface area (Å²) in [6, 6.07) is 12.4. The number of nitrogen functional groups attached to an aromatic ring is 1. The summed E-state index contributed by atoms with van der Waals surface area (Å²) in [5.74, 6) is 1.08. The lowest BCUT2D eigenvalue weighted by molar-refractivity contribution is 0.166. The summed E-state index contributed by atoms with van der Waals surface area (Å²) in [5, 5.41) is 8.71. The van der Waals surface area contributed by atoms with E-state index in [-0.39, 0.29) is 5.41 Å². The summed E-state index contributed by atoms with van der Waals surface area (Å²) in [5.41, 5.74) is 10.8. The lowest BCUT2D eigenvalue weighted by atomic mass is 9.95. The number of anilines is 4. The topological polar surface area (TPSA) is 139 Å². The molecule has 2 aromatic carbocycles. The minimum absolute atomic E-state index is 0.0534. The van der Waals surface area contributed by atoms with E-state index in [4.69, 9.17) is 10.7 Å². The number of aromatic nitrogens is 2. The average Bonchev–Trinajstić information content (AvgIpc) is 3.40. The van der Waals surface area contributed by atoms with Gasteiger partial charge in [-0.05, 0) is 89.3 Å². The molecule has 2 aliphatic rings. The molecule has 0 saturated carbocycles. The molecule has 258 valence electrons. The van der Waals surface area contributed by atoms with Gasteiger partial charge in [0.25, 0.3) is 0 Å². The third kappa shape index (κ3) is 9.74. The fourth-order valence-electron chi connectivity index (χ4n) is 6.32. The second kappa shape index (κ2) is 16.2. The molecule has 0 aliphatic carbocycles. The Labute approximate surface area is 279 Å². The van der Waals surface area contributed by atoms with E-state index in [2.05, 4.69) is 74.7 Å². The zero-order chi connectivity index (χ0) is 34.1. The molecule has 12 nitrogen and oxygen atoms in total. The van der Waals surface area contributed by atoms with Crippen molar-refractivity contribution >= 4 is 46.0 Å². The van der Waals surface area contributed by atoms with E-state index < -0.39 is 12.2 Å². The number of hydrogen-bond acceptors (Lipinski definition) is 9. The van der Waals surface area contributed by atoms with E-state index >= 15 is 0 Å². The molecule has 2 atom stereocenters. The maximum atomic E-state index is 11.5. The van der Waals surface area contributed by atoms with Crippen LogP contribution in [0.25, 0.3) is 11.0 Å². The quantitative estimate of drug-likeness (QED) is 0.216. The maximum Gasteiger partial charge on any atom is 0.411 e. The lowest BCUT2D eigenvalue weighted by Gasteiger charge is -2.34. The lowest BCUT2D eigenvalue weighted by Crippen LogP contribution is -2.40. The maximum absolute atomic E-state index is 11.5. The van der Waals surface area contributed by atoms with Crippen LogP contribution in [-0.4, -0.2) is 91.6 Å². The number of methoxy groups -OCH3 is 2. The number of likely N-dealkylation sites (N-methyl/N-ethyl adjacent to an activating group) is 2. The molecule has 5 N–H and O–H groups in total. The van der Waals surface area contributed by atoms with Gasteiger partial charge in [-0.15, -0.1) is 0 Å². The smallest absolute Gasteiger partial charge is 0.411 e. The summed E-state index contributed by atoms with van der Waals surface area (Å²) in [4.78, 5) is 32.4. The third-order valence-electron chi connectivity index (χ3n) is 9.10. The molecule has 2 saturated heterocycles. The van der Waals surface area contributed by atoms with Crippen molar-refractivity contribution in [1.29, 1.82) is 0 Å². The number of nitrogens with zero attached hydrogens (tertiary/aromatic N) is 4. The number of benzene rings is 2. The van der Waals surface area contributed by atoms with Gasteiger partial charge in [0.2, 0.25) is 0 Å². The Bertz CT molecular complexity index is 1500. The molecule has 2 amide bonds. The Hall–Kier alpha value is -4.03. The van der Waals surface area contributed by atoms with Gasteiger partial charge in [0.1, 0.15) is 5.82 Å². The highest BCUT2D eigenvalue weighted by atomic mass is 16.5. The Kier molecular flexibility index (Phi) is 12.3. The number of imidazole rings is 1. The minimum atomic E-state index is -0.501. The molecule has 5 rings (SSSR count). The molecule has 12 heteroatoms. The number of fused-ring (bicyclic) bond motifs is 1. The molecular weight excluding hydrogens is 596 g/mol. The van der Waals surface area contributed by atoms with Gasteiger partial charge in [-0.2, -0.15) is 0 Å². The van der Waals surface area contributed by atoms with Crippen LogP contribution in [0.15, 0.2) is 36.4 Å². The number of amides is 2. The van der Waals surface area contributed by atoms with Gasteiger partial charge in [0, 0.05) is 42.0 Å². The number of rotatable bonds is 7. The van der Waals surface area contributed by atoms with Crippen molar-refractivity contribution in [3.63, 3.8) is 0 Å². The predicted octanol–water partition coefficient (Wildman–Crippen LogP) is 6.34. The van der Waals surface area contributed by atoms with Crippen molar-refractivity contribution in [2.24, 2.45) is 0 Å². The first-order chi connectivity index (χ1) is 22.4. The van der Waals surface area contributed by atoms with Crippen LogP contribution in [0, 0.1) is 0 Å². The van der Waals surface area contributed by atoms with E-state index in [0.717, 1.165) is 48.7 Å². The summed E-state index contributed by atoms with van der Waals surface area (Å²) in [7, 11) is 7.08. The zero-order valence-corrected chi connectivity index (χ0v) is 29.2. The van der Waals surface area contributed by atoms with Gasteiger partial charge in [-0.25, -0.2) is 14.6 Å². The minimum Gasteiger partial charge on any atom is -0.453 e. The second-order valence-electron chi connectivity index (χ2n) is 13.7. The zero-order valence-electron chi connectivity index (χ0n) is 29.2. The average molecular weight is 651 g/mol. The molecule has 3 heterocycles. The molecule has 2 fully saturated rings. The normalized spacial score (nSPS) is 19.0. The fraction of sp³-hybridized carbons (Fsp3) is 0.571. The molecule has 1 aromatic heterocycles. The summed E-state index contributed by atoms with van der Waals surface area (Å²) in [6.07, 6.45) is 6.61. The van der Waals surface area contributed by atoms with Gasteiger partial charge in [-0.3, -0.25) is 10.6 Å². The Morgan fingerprint density at radius 3 is 2.00 bits per heavy atom. The number of hydrogen-bond donors (Lipinski definition) is 4. The third-order valence-corrected chi connectivity index (χ3v) is 9.10. The number of likely N-dealkylation sites (tertiary alicyclic amines) is 2. The van der Waals surface area contributed by atoms with Crippen LogP contribution in [0.3, 0.4) is 0 Å². The van der Waals surface area contributed by atoms with Crippen molar-refractivity contribution in [1.82, 2.24) is 19.4 Å². The van der Waals surface area contributed by atoms with Gasteiger partial charge in [0.05, 0.1) is 36.6 Å². The van der Waals surface area contributed by atoms with Crippen LogP contribution in [0.1, 0.15) is 65.1 Å². The number of piperidine rings is 2. The number of carbonyl (C=O) groups excluding carboxylic acids is 2. The van der Waals surface area contributed by atoms with Gasteiger partial charge in [-0.1, -0.05) is 33.6 Å². The van der Waals surface area contributed by atoms with Gasteiger partial charge < -0.3 is 34.9 Å². The van der Waals surface area contributed by atoms with E-state index in [1.165, 1.54) is 52.7 Å². The molecule has 2 aliphatic heterocycles. The fourth-order valence-corrected chi connectivity index (χ4v) is 6.32. The highest BCUT2D eigenvalue weighted by Crippen LogP contribution is 2.30. The number of nitrogens with one attached hydrogen (secondary N) is 3. The Morgan fingerprint density at radius 1 is 0.872 bits per heavy atom. The summed E-state index contributed by atoms with van der Waals surface area (Å²) >= 11 is 0. The van der Waals surface area contributed by atoms with Crippen LogP contribution in [0.4, 0.5) is 32.3 Å². The van der Waals surface area contributed by atoms with Crippen LogP contribution < -0.4 is 21.7 Å². The number of nitrogens with two attached hydrogens (primary N) is 1. The first-order valence-corrected chi connectivity index (χ1v) is 16.6. The van der Waals surface area contributed by atoms with E-state index in [9.17, 15) is 9.59 Å². The van der Waals surface area contributed by atoms with Gasteiger partial charge >= 0.3 is 12.2 Å².